The minimum Gasteiger partial charge on any atom is -0.457 e. The Hall–Kier alpha value is -3.82. The summed E-state index contributed by atoms with van der Waals surface area (Å²) in [5.74, 6) is -0.727. The van der Waals surface area contributed by atoms with Crippen LogP contribution in [0.15, 0.2) is 88.6 Å². The molecule has 0 aliphatic rings. The summed E-state index contributed by atoms with van der Waals surface area (Å²) in [6.45, 7) is 1.65. The number of rotatable bonds is 7. The van der Waals surface area contributed by atoms with E-state index in [1.807, 2.05) is 24.3 Å². The van der Waals surface area contributed by atoms with Crippen LogP contribution in [0.25, 0.3) is 5.69 Å². The van der Waals surface area contributed by atoms with E-state index in [9.17, 15) is 18.0 Å². The number of sulfonamides is 1. The predicted octanol–water partition coefficient (Wildman–Crippen LogP) is 4.30. The van der Waals surface area contributed by atoms with Gasteiger partial charge in [0.05, 0.1) is 21.8 Å². The van der Waals surface area contributed by atoms with E-state index < -0.39 is 21.6 Å². The van der Waals surface area contributed by atoms with Crippen molar-refractivity contribution in [3.8, 4) is 5.69 Å². The van der Waals surface area contributed by atoms with Gasteiger partial charge in [-0.05, 0) is 42.8 Å². The Morgan fingerprint density at radius 2 is 1.63 bits per heavy atom. The van der Waals surface area contributed by atoms with Gasteiger partial charge in [0.1, 0.15) is 12.3 Å². The molecule has 0 aliphatic heterocycles. The zero-order valence-corrected chi connectivity index (χ0v) is 20.5. The molecule has 3 aromatic carbocycles. The maximum absolute atomic E-state index is 13.2. The second-order valence-corrected chi connectivity index (χ2v) is 9.90. The standard InChI is InChI=1S/C25H22ClN3O5S/c1-17-23(24(30)29(28(17)2)21-11-7-4-8-12-21)27-35(32,33)22-14-19(13-20(26)15-22)25(31)34-16-18-9-5-3-6-10-18/h3-15,27H,16H2,1-2H3. The molecule has 1 N–H and O–H groups in total. The van der Waals surface area contributed by atoms with Crippen LogP contribution in [-0.2, 0) is 28.4 Å². The first kappa shape index (κ1) is 24.3. The maximum atomic E-state index is 13.2. The number of anilines is 1. The number of halogens is 1. The number of hydrogen-bond donors (Lipinski definition) is 1. The van der Waals surface area contributed by atoms with E-state index in [0.717, 1.165) is 11.6 Å². The molecule has 8 nitrogen and oxygen atoms in total. The van der Waals surface area contributed by atoms with E-state index in [1.54, 1.807) is 55.1 Å². The summed E-state index contributed by atoms with van der Waals surface area (Å²) in [6.07, 6.45) is 0. The number of benzene rings is 3. The van der Waals surface area contributed by atoms with Crippen molar-refractivity contribution < 1.29 is 17.9 Å². The first-order valence-electron chi connectivity index (χ1n) is 10.6. The topological polar surface area (TPSA) is 99.4 Å². The third kappa shape index (κ3) is 5.16. The second kappa shape index (κ2) is 9.81. The molecule has 1 heterocycles. The summed E-state index contributed by atoms with van der Waals surface area (Å²) < 4.78 is 36.9. The van der Waals surface area contributed by atoms with Crippen LogP contribution in [0.4, 0.5) is 5.69 Å². The molecule has 35 heavy (non-hydrogen) atoms. The van der Waals surface area contributed by atoms with Crippen molar-refractivity contribution in [3.05, 3.63) is 111 Å². The van der Waals surface area contributed by atoms with Gasteiger partial charge < -0.3 is 4.74 Å². The molecule has 0 radical (unpaired) electrons. The highest BCUT2D eigenvalue weighted by Gasteiger charge is 2.24. The first-order chi connectivity index (χ1) is 16.7. The lowest BCUT2D eigenvalue weighted by molar-refractivity contribution is 0.0472. The van der Waals surface area contributed by atoms with Crippen molar-refractivity contribution in [2.75, 3.05) is 4.72 Å². The first-order valence-corrected chi connectivity index (χ1v) is 12.4. The van der Waals surface area contributed by atoms with Gasteiger partial charge >= 0.3 is 5.97 Å². The van der Waals surface area contributed by atoms with E-state index in [4.69, 9.17) is 16.3 Å². The Balaban J connectivity index is 1.63. The molecule has 0 bridgehead atoms. The molecule has 0 spiro atoms. The van der Waals surface area contributed by atoms with E-state index in [1.165, 1.54) is 16.8 Å². The number of para-hydroxylation sites is 1. The van der Waals surface area contributed by atoms with Crippen LogP contribution in [0, 0.1) is 6.92 Å². The van der Waals surface area contributed by atoms with Crippen LogP contribution in [0.3, 0.4) is 0 Å². The Morgan fingerprint density at radius 1 is 1.00 bits per heavy atom. The zero-order valence-electron chi connectivity index (χ0n) is 18.9. The Bertz CT molecular complexity index is 1550. The van der Waals surface area contributed by atoms with E-state index >= 15 is 0 Å². The molecule has 0 aliphatic carbocycles. The smallest absolute Gasteiger partial charge is 0.338 e. The van der Waals surface area contributed by atoms with E-state index in [2.05, 4.69) is 4.72 Å². The van der Waals surface area contributed by atoms with Crippen molar-refractivity contribution in [3.63, 3.8) is 0 Å². The number of esters is 1. The van der Waals surface area contributed by atoms with Crippen molar-refractivity contribution in [1.29, 1.82) is 0 Å². The van der Waals surface area contributed by atoms with Crippen molar-refractivity contribution in [1.82, 2.24) is 9.36 Å². The lowest BCUT2D eigenvalue weighted by atomic mass is 10.2. The Morgan fingerprint density at radius 3 is 2.29 bits per heavy atom. The van der Waals surface area contributed by atoms with Crippen LogP contribution in [0.2, 0.25) is 5.02 Å². The highest BCUT2D eigenvalue weighted by atomic mass is 35.5. The number of nitrogens with one attached hydrogen (secondary N) is 1. The zero-order chi connectivity index (χ0) is 25.2. The summed E-state index contributed by atoms with van der Waals surface area (Å²) in [4.78, 5) is 25.4. The van der Waals surface area contributed by atoms with Crippen LogP contribution < -0.4 is 10.3 Å². The summed E-state index contributed by atoms with van der Waals surface area (Å²) >= 11 is 6.12. The van der Waals surface area contributed by atoms with Gasteiger partial charge in [0, 0.05) is 12.1 Å². The molecule has 0 unspecified atom stereocenters. The van der Waals surface area contributed by atoms with Gasteiger partial charge in [0.15, 0.2) is 0 Å². The van der Waals surface area contributed by atoms with Crippen LogP contribution in [-0.4, -0.2) is 23.8 Å². The van der Waals surface area contributed by atoms with E-state index in [0.29, 0.717) is 11.4 Å². The summed E-state index contributed by atoms with van der Waals surface area (Å²) in [7, 11) is -2.60. The van der Waals surface area contributed by atoms with Gasteiger partial charge in [-0.15, -0.1) is 0 Å². The van der Waals surface area contributed by atoms with Crippen molar-refractivity contribution in [2.24, 2.45) is 7.05 Å². The molecule has 0 saturated heterocycles. The van der Waals surface area contributed by atoms with Crippen LogP contribution in [0.5, 0.6) is 0 Å². The molecule has 4 aromatic rings. The number of ether oxygens (including phenoxy) is 1. The monoisotopic (exact) mass is 511 g/mol. The largest absolute Gasteiger partial charge is 0.457 e. The van der Waals surface area contributed by atoms with Crippen LogP contribution in [0.1, 0.15) is 21.6 Å². The highest BCUT2D eigenvalue weighted by Crippen LogP contribution is 2.23. The van der Waals surface area contributed by atoms with Gasteiger partial charge in [-0.2, -0.15) is 0 Å². The maximum Gasteiger partial charge on any atom is 0.338 e. The molecule has 4 rings (SSSR count). The van der Waals surface area contributed by atoms with Gasteiger partial charge in [0.25, 0.3) is 15.6 Å². The third-order valence-corrected chi connectivity index (χ3v) is 6.97. The van der Waals surface area contributed by atoms with E-state index in [-0.39, 0.29) is 27.8 Å². The van der Waals surface area contributed by atoms with Crippen LogP contribution >= 0.6 is 11.6 Å². The van der Waals surface area contributed by atoms with Gasteiger partial charge in [-0.3, -0.25) is 14.2 Å². The fraction of sp³-hybridized carbons (Fsp3) is 0.120. The number of aromatic nitrogens is 2. The molecule has 1 aromatic heterocycles. The molecule has 0 amide bonds. The summed E-state index contributed by atoms with van der Waals surface area (Å²) in [5.41, 5.74) is 1.10. The summed E-state index contributed by atoms with van der Waals surface area (Å²) in [6, 6.07) is 21.6. The SMILES string of the molecule is Cc1c(NS(=O)(=O)c2cc(Cl)cc(C(=O)OCc3ccccc3)c2)c(=O)n(-c2ccccc2)n1C. The number of hydrogen-bond acceptors (Lipinski definition) is 5. The van der Waals surface area contributed by atoms with Crippen molar-refractivity contribution in [2.45, 2.75) is 18.4 Å². The average molecular weight is 512 g/mol. The minimum atomic E-state index is -4.26. The van der Waals surface area contributed by atoms with Crippen molar-refractivity contribution >= 4 is 33.3 Å². The average Bonchev–Trinajstić information content (AvgIpc) is 3.06. The predicted molar refractivity (Wildman–Crippen MR) is 134 cm³/mol. The van der Waals surface area contributed by atoms with Gasteiger partial charge in [-0.1, -0.05) is 60.1 Å². The highest BCUT2D eigenvalue weighted by molar-refractivity contribution is 7.92. The minimum absolute atomic E-state index is 0.0226. The Labute approximate surface area is 207 Å². The molecule has 0 atom stereocenters. The lowest BCUT2D eigenvalue weighted by Gasteiger charge is -2.10. The number of carbonyl (C=O) groups excluding carboxylic acids is 1. The molecular weight excluding hydrogens is 490 g/mol. The fourth-order valence-electron chi connectivity index (χ4n) is 3.52. The quantitative estimate of drug-likeness (QED) is 0.373. The molecule has 10 heteroatoms. The number of nitrogens with zero attached hydrogens (tertiary/aromatic N) is 2. The molecule has 0 fully saturated rings. The molecule has 180 valence electrons. The third-order valence-electron chi connectivity index (χ3n) is 5.42. The Kier molecular flexibility index (Phi) is 6.81. The molecular formula is C25H22ClN3O5S. The fourth-order valence-corrected chi connectivity index (χ4v) is 5.01. The number of carbonyl (C=O) groups is 1. The van der Waals surface area contributed by atoms with Gasteiger partial charge in [-0.25, -0.2) is 17.9 Å². The van der Waals surface area contributed by atoms with Gasteiger partial charge in [0.2, 0.25) is 0 Å². The molecule has 0 saturated carbocycles. The normalized spacial score (nSPS) is 11.3. The summed E-state index contributed by atoms with van der Waals surface area (Å²) in [5, 5.41) is 0.0333. The lowest BCUT2D eigenvalue weighted by Crippen LogP contribution is -2.23. The second-order valence-electron chi connectivity index (χ2n) is 7.78.